The fraction of sp³-hybridized carbons (Fsp3) is 0.200. The second-order valence-electron chi connectivity index (χ2n) is 4.73. The van der Waals surface area contributed by atoms with Gasteiger partial charge in [0.1, 0.15) is 5.82 Å². The molecule has 0 amide bonds. The Morgan fingerprint density at radius 3 is 2.60 bits per heavy atom. The second kappa shape index (κ2) is 6.80. The van der Waals surface area contributed by atoms with E-state index in [1.165, 1.54) is 12.1 Å². The number of rotatable bonds is 4. The summed E-state index contributed by atoms with van der Waals surface area (Å²) < 4.78 is 15.2. The van der Waals surface area contributed by atoms with Crippen LogP contribution in [0.15, 0.2) is 45.3 Å². The first kappa shape index (κ1) is 15.6. The van der Waals surface area contributed by atoms with Crippen molar-refractivity contribution < 1.29 is 4.39 Å². The zero-order chi connectivity index (χ0) is 14.7. The number of hydrazine groups is 1. The summed E-state index contributed by atoms with van der Waals surface area (Å²) in [5.74, 6) is 5.42. The van der Waals surface area contributed by atoms with Gasteiger partial charge in [0.2, 0.25) is 0 Å². The molecule has 0 spiro atoms. The summed E-state index contributed by atoms with van der Waals surface area (Å²) in [5, 5.41) is 0. The summed E-state index contributed by atoms with van der Waals surface area (Å²) >= 11 is 6.84. The van der Waals surface area contributed by atoms with Crippen LogP contribution in [0.3, 0.4) is 0 Å². The zero-order valence-corrected chi connectivity index (χ0v) is 14.1. The van der Waals surface area contributed by atoms with Gasteiger partial charge in [-0.1, -0.05) is 49.6 Å². The molecule has 0 heterocycles. The summed E-state index contributed by atoms with van der Waals surface area (Å²) in [4.78, 5) is 0. The van der Waals surface area contributed by atoms with Gasteiger partial charge in [-0.3, -0.25) is 11.3 Å². The van der Waals surface area contributed by atoms with E-state index in [0.717, 1.165) is 25.6 Å². The van der Waals surface area contributed by atoms with E-state index in [0.29, 0.717) is 6.42 Å². The van der Waals surface area contributed by atoms with Crippen LogP contribution >= 0.6 is 31.9 Å². The molecule has 5 heteroatoms. The average molecular weight is 402 g/mol. The third kappa shape index (κ3) is 3.88. The lowest BCUT2D eigenvalue weighted by atomic mass is 9.98. The van der Waals surface area contributed by atoms with E-state index in [4.69, 9.17) is 5.84 Å². The molecule has 0 radical (unpaired) electrons. The van der Waals surface area contributed by atoms with Crippen molar-refractivity contribution >= 4 is 31.9 Å². The van der Waals surface area contributed by atoms with Crippen molar-refractivity contribution in [3.8, 4) is 0 Å². The van der Waals surface area contributed by atoms with Crippen LogP contribution in [0.4, 0.5) is 4.39 Å². The maximum absolute atomic E-state index is 13.4. The molecule has 0 saturated carbocycles. The minimum absolute atomic E-state index is 0.0852. The highest BCUT2D eigenvalue weighted by molar-refractivity contribution is 9.10. The molecule has 1 unspecified atom stereocenters. The largest absolute Gasteiger partial charge is 0.271 e. The van der Waals surface area contributed by atoms with Gasteiger partial charge in [-0.25, -0.2) is 4.39 Å². The summed E-state index contributed by atoms with van der Waals surface area (Å²) in [7, 11) is 0. The van der Waals surface area contributed by atoms with Crippen molar-refractivity contribution in [2.75, 3.05) is 0 Å². The highest BCUT2D eigenvalue weighted by Gasteiger charge is 2.15. The molecule has 3 N–H and O–H groups in total. The molecule has 106 valence electrons. The van der Waals surface area contributed by atoms with E-state index in [-0.39, 0.29) is 11.9 Å². The normalized spacial score (nSPS) is 12.4. The third-order valence-corrected chi connectivity index (χ3v) is 4.27. The van der Waals surface area contributed by atoms with Gasteiger partial charge in [0.15, 0.2) is 0 Å². The van der Waals surface area contributed by atoms with E-state index in [1.807, 2.05) is 25.1 Å². The standard InChI is InChI=1S/C15H15Br2FN2/c1-9-2-3-14(17)13(4-9)15(20-19)7-10-5-11(16)8-12(18)6-10/h2-6,8,15,20H,7,19H2,1H3. The average Bonchev–Trinajstić information content (AvgIpc) is 2.38. The lowest BCUT2D eigenvalue weighted by Crippen LogP contribution is -2.30. The lowest BCUT2D eigenvalue weighted by Gasteiger charge is -2.19. The number of nitrogens with one attached hydrogen (secondary N) is 1. The molecule has 0 aliphatic heterocycles. The molecule has 0 aliphatic rings. The summed E-state index contributed by atoms with van der Waals surface area (Å²) in [6.07, 6.45) is 0.606. The first-order valence-electron chi connectivity index (χ1n) is 6.16. The van der Waals surface area contributed by atoms with Crippen LogP contribution in [0.25, 0.3) is 0 Å². The van der Waals surface area contributed by atoms with Crippen LogP contribution < -0.4 is 11.3 Å². The number of hydrogen-bond acceptors (Lipinski definition) is 2. The maximum atomic E-state index is 13.4. The Morgan fingerprint density at radius 2 is 1.95 bits per heavy atom. The Bertz CT molecular complexity index is 597. The van der Waals surface area contributed by atoms with Gasteiger partial charge >= 0.3 is 0 Å². The Kier molecular flexibility index (Phi) is 5.32. The number of hydrogen-bond donors (Lipinski definition) is 2. The Balaban J connectivity index is 2.31. The van der Waals surface area contributed by atoms with Crippen LogP contribution in [0.5, 0.6) is 0 Å². The quantitative estimate of drug-likeness (QED) is 0.588. The molecule has 20 heavy (non-hydrogen) atoms. The molecule has 2 nitrogen and oxygen atoms in total. The van der Waals surface area contributed by atoms with Gasteiger partial charge in [0.25, 0.3) is 0 Å². The number of nitrogens with two attached hydrogens (primary N) is 1. The summed E-state index contributed by atoms with van der Waals surface area (Å²) in [5.41, 5.74) is 5.91. The minimum atomic E-state index is -0.256. The van der Waals surface area contributed by atoms with Crippen LogP contribution in [0, 0.1) is 12.7 Å². The fourth-order valence-electron chi connectivity index (χ4n) is 2.15. The number of halogens is 3. The Morgan fingerprint density at radius 1 is 1.20 bits per heavy atom. The van der Waals surface area contributed by atoms with Crippen molar-refractivity contribution in [2.24, 2.45) is 5.84 Å². The van der Waals surface area contributed by atoms with Crippen LogP contribution in [-0.2, 0) is 6.42 Å². The first-order chi connectivity index (χ1) is 9.49. The van der Waals surface area contributed by atoms with Gasteiger partial charge < -0.3 is 0 Å². The van der Waals surface area contributed by atoms with E-state index in [9.17, 15) is 4.39 Å². The van der Waals surface area contributed by atoms with Crippen molar-refractivity contribution in [1.82, 2.24) is 5.43 Å². The highest BCUT2D eigenvalue weighted by Crippen LogP contribution is 2.27. The molecule has 2 rings (SSSR count). The predicted octanol–water partition coefficient (Wildman–Crippen LogP) is 4.41. The van der Waals surface area contributed by atoms with Crippen molar-refractivity contribution in [3.05, 3.63) is 67.9 Å². The number of aryl methyl sites for hydroxylation is 1. The zero-order valence-electron chi connectivity index (χ0n) is 11.0. The Labute approximate surface area is 134 Å². The van der Waals surface area contributed by atoms with E-state index in [1.54, 1.807) is 0 Å². The van der Waals surface area contributed by atoms with Crippen molar-refractivity contribution in [2.45, 2.75) is 19.4 Å². The Hall–Kier alpha value is -0.750. The monoisotopic (exact) mass is 400 g/mol. The van der Waals surface area contributed by atoms with Gasteiger partial charge in [-0.15, -0.1) is 0 Å². The van der Waals surface area contributed by atoms with Crippen molar-refractivity contribution in [3.63, 3.8) is 0 Å². The molecule has 0 bridgehead atoms. The van der Waals surface area contributed by atoms with Gasteiger partial charge in [0, 0.05) is 8.95 Å². The second-order valence-corrected chi connectivity index (χ2v) is 6.50. The van der Waals surface area contributed by atoms with Crippen LogP contribution in [-0.4, -0.2) is 0 Å². The fourth-order valence-corrected chi connectivity index (χ4v) is 3.19. The van der Waals surface area contributed by atoms with E-state index < -0.39 is 0 Å². The third-order valence-electron chi connectivity index (χ3n) is 3.09. The molecule has 0 aromatic heterocycles. The highest BCUT2D eigenvalue weighted by atomic mass is 79.9. The SMILES string of the molecule is Cc1ccc(Br)c(C(Cc2cc(F)cc(Br)c2)NN)c1. The number of benzene rings is 2. The molecule has 0 aliphatic carbocycles. The molecule has 0 saturated heterocycles. The predicted molar refractivity (Wildman–Crippen MR) is 86.7 cm³/mol. The molecular weight excluding hydrogens is 387 g/mol. The van der Waals surface area contributed by atoms with Gasteiger partial charge in [0.05, 0.1) is 6.04 Å². The lowest BCUT2D eigenvalue weighted by molar-refractivity contribution is 0.546. The first-order valence-corrected chi connectivity index (χ1v) is 7.75. The van der Waals surface area contributed by atoms with Gasteiger partial charge in [-0.05, 0) is 48.7 Å². The molecule has 2 aromatic rings. The topological polar surface area (TPSA) is 38.0 Å². The van der Waals surface area contributed by atoms with E-state index in [2.05, 4.69) is 43.4 Å². The van der Waals surface area contributed by atoms with E-state index >= 15 is 0 Å². The smallest absolute Gasteiger partial charge is 0.124 e. The van der Waals surface area contributed by atoms with Crippen LogP contribution in [0.2, 0.25) is 0 Å². The maximum Gasteiger partial charge on any atom is 0.124 e. The molecular formula is C15H15Br2FN2. The minimum Gasteiger partial charge on any atom is -0.271 e. The molecule has 0 fully saturated rings. The molecule has 1 atom stereocenters. The van der Waals surface area contributed by atoms with Crippen molar-refractivity contribution in [1.29, 1.82) is 0 Å². The van der Waals surface area contributed by atoms with Gasteiger partial charge in [-0.2, -0.15) is 0 Å². The van der Waals surface area contributed by atoms with Crippen LogP contribution in [0.1, 0.15) is 22.7 Å². The summed E-state index contributed by atoms with van der Waals surface area (Å²) in [6, 6.07) is 10.9. The summed E-state index contributed by atoms with van der Waals surface area (Å²) in [6.45, 7) is 2.03. The molecule has 2 aromatic carbocycles.